The van der Waals surface area contributed by atoms with Crippen molar-refractivity contribution >= 4 is 11.6 Å². The summed E-state index contributed by atoms with van der Waals surface area (Å²) in [6.45, 7) is 3.85. The second-order valence-electron chi connectivity index (χ2n) is 7.24. The minimum absolute atomic E-state index is 0.167. The molecule has 1 heterocycles. The number of piperidine rings is 1. The Kier molecular flexibility index (Phi) is 5.21. The molecule has 4 nitrogen and oxygen atoms in total. The van der Waals surface area contributed by atoms with Crippen molar-refractivity contribution in [3.8, 4) is 0 Å². The van der Waals surface area contributed by atoms with Gasteiger partial charge in [-0.1, -0.05) is 18.6 Å². The molecule has 1 aromatic carbocycles. The Labute approximate surface area is 139 Å². The highest BCUT2D eigenvalue weighted by Gasteiger charge is 2.31. The average molecular weight is 315 g/mol. The molecule has 1 aliphatic heterocycles. The number of nitrogens with zero attached hydrogens (tertiary/aromatic N) is 1. The molecule has 23 heavy (non-hydrogen) atoms. The molecule has 0 aromatic heterocycles. The van der Waals surface area contributed by atoms with Gasteiger partial charge in [-0.05, 0) is 56.7 Å². The first-order valence-corrected chi connectivity index (χ1v) is 8.99. The van der Waals surface area contributed by atoms with Crippen LogP contribution in [0.25, 0.3) is 0 Å². The maximum atomic E-state index is 12.7. The number of likely N-dealkylation sites (tertiary alicyclic amines) is 1. The molecule has 0 spiro atoms. The van der Waals surface area contributed by atoms with Gasteiger partial charge in [-0.2, -0.15) is 0 Å². The monoisotopic (exact) mass is 315 g/mol. The summed E-state index contributed by atoms with van der Waals surface area (Å²) in [5.41, 5.74) is 8.49. The van der Waals surface area contributed by atoms with Crippen molar-refractivity contribution in [1.82, 2.24) is 4.90 Å². The van der Waals surface area contributed by atoms with E-state index in [1.165, 1.54) is 11.3 Å². The van der Waals surface area contributed by atoms with Crippen LogP contribution in [-0.4, -0.2) is 36.0 Å². The first kappa shape index (κ1) is 16.3. The van der Waals surface area contributed by atoms with E-state index in [0.29, 0.717) is 11.9 Å². The molecule has 1 aromatic rings. The number of hydrogen-bond acceptors (Lipinski definition) is 3. The van der Waals surface area contributed by atoms with E-state index in [4.69, 9.17) is 5.73 Å². The van der Waals surface area contributed by atoms with Gasteiger partial charge in [0.1, 0.15) is 0 Å². The van der Waals surface area contributed by atoms with E-state index in [1.54, 1.807) is 0 Å². The van der Waals surface area contributed by atoms with Crippen molar-refractivity contribution in [2.75, 3.05) is 18.4 Å². The molecular formula is C19H29N3O. The zero-order chi connectivity index (χ0) is 16.2. The molecule has 4 heteroatoms. The average Bonchev–Trinajstić information content (AvgIpc) is 2.55. The van der Waals surface area contributed by atoms with Gasteiger partial charge in [0, 0.05) is 36.8 Å². The van der Waals surface area contributed by atoms with Gasteiger partial charge in [0.25, 0.3) is 0 Å². The van der Waals surface area contributed by atoms with Crippen LogP contribution in [0.15, 0.2) is 24.3 Å². The minimum Gasteiger partial charge on any atom is -0.382 e. The third-order valence-corrected chi connectivity index (χ3v) is 5.26. The summed E-state index contributed by atoms with van der Waals surface area (Å²) in [6.07, 6.45) is 6.13. The number of aryl methyl sites for hydroxylation is 1. The molecule has 1 amide bonds. The highest BCUT2D eigenvalue weighted by atomic mass is 16.2. The molecule has 1 aliphatic carbocycles. The summed E-state index contributed by atoms with van der Waals surface area (Å²) < 4.78 is 0. The number of nitrogens with one attached hydrogen (secondary N) is 1. The third-order valence-electron chi connectivity index (χ3n) is 5.26. The SMILES string of the molecule is Cc1cccc(NC2CCN(C(=O)C3CCCC(N)C3)CC2)c1. The molecule has 3 N–H and O–H groups in total. The first-order chi connectivity index (χ1) is 11.1. The number of carbonyl (C=O) groups excluding carboxylic acids is 1. The van der Waals surface area contributed by atoms with Gasteiger partial charge in [-0.15, -0.1) is 0 Å². The quantitative estimate of drug-likeness (QED) is 0.901. The summed E-state index contributed by atoms with van der Waals surface area (Å²) in [7, 11) is 0. The molecular weight excluding hydrogens is 286 g/mol. The molecule has 2 unspecified atom stereocenters. The van der Waals surface area contributed by atoms with E-state index < -0.39 is 0 Å². The number of anilines is 1. The number of amides is 1. The zero-order valence-electron chi connectivity index (χ0n) is 14.1. The number of carbonyl (C=O) groups is 1. The lowest BCUT2D eigenvalue weighted by Crippen LogP contribution is -2.46. The Bertz CT molecular complexity index is 537. The molecule has 0 radical (unpaired) electrons. The molecule has 0 bridgehead atoms. The molecule has 2 aliphatic rings. The summed E-state index contributed by atoms with van der Waals surface area (Å²) in [5, 5.41) is 3.61. The van der Waals surface area contributed by atoms with Gasteiger partial charge in [0.2, 0.25) is 5.91 Å². The van der Waals surface area contributed by atoms with E-state index in [2.05, 4.69) is 41.4 Å². The van der Waals surface area contributed by atoms with E-state index in [1.807, 2.05) is 0 Å². The Balaban J connectivity index is 1.49. The largest absolute Gasteiger partial charge is 0.382 e. The van der Waals surface area contributed by atoms with Gasteiger partial charge in [-0.25, -0.2) is 0 Å². The van der Waals surface area contributed by atoms with Gasteiger partial charge in [0.05, 0.1) is 0 Å². The maximum absolute atomic E-state index is 12.7. The van der Waals surface area contributed by atoms with Crippen LogP contribution in [0.2, 0.25) is 0 Å². The smallest absolute Gasteiger partial charge is 0.225 e. The molecule has 1 saturated carbocycles. The number of nitrogens with two attached hydrogens (primary N) is 1. The summed E-state index contributed by atoms with van der Waals surface area (Å²) >= 11 is 0. The number of hydrogen-bond donors (Lipinski definition) is 2. The maximum Gasteiger partial charge on any atom is 0.225 e. The van der Waals surface area contributed by atoms with Crippen LogP contribution in [0.1, 0.15) is 44.1 Å². The Morgan fingerprint density at radius 2 is 2.00 bits per heavy atom. The van der Waals surface area contributed by atoms with Crippen LogP contribution >= 0.6 is 0 Å². The highest BCUT2D eigenvalue weighted by Crippen LogP contribution is 2.26. The second kappa shape index (κ2) is 7.35. The Morgan fingerprint density at radius 1 is 1.22 bits per heavy atom. The molecule has 2 fully saturated rings. The normalized spacial score (nSPS) is 26.1. The molecule has 126 valence electrons. The Hall–Kier alpha value is -1.55. The predicted octanol–water partition coefficient (Wildman–Crippen LogP) is 2.92. The van der Waals surface area contributed by atoms with Gasteiger partial charge < -0.3 is 16.0 Å². The van der Waals surface area contributed by atoms with Crippen molar-refractivity contribution < 1.29 is 4.79 Å². The zero-order valence-corrected chi connectivity index (χ0v) is 14.1. The van der Waals surface area contributed by atoms with Gasteiger partial charge in [-0.3, -0.25) is 4.79 Å². The summed E-state index contributed by atoms with van der Waals surface area (Å²) in [6, 6.07) is 9.19. The lowest BCUT2D eigenvalue weighted by atomic mass is 9.85. The van der Waals surface area contributed by atoms with E-state index in [0.717, 1.165) is 51.6 Å². The van der Waals surface area contributed by atoms with Crippen LogP contribution < -0.4 is 11.1 Å². The third kappa shape index (κ3) is 4.25. The first-order valence-electron chi connectivity index (χ1n) is 8.99. The topological polar surface area (TPSA) is 58.4 Å². The van der Waals surface area contributed by atoms with E-state index in [9.17, 15) is 4.79 Å². The van der Waals surface area contributed by atoms with Crippen LogP contribution in [0, 0.1) is 12.8 Å². The Morgan fingerprint density at radius 3 is 2.70 bits per heavy atom. The van der Waals surface area contributed by atoms with Crippen LogP contribution in [-0.2, 0) is 4.79 Å². The van der Waals surface area contributed by atoms with Crippen molar-refractivity contribution in [3.63, 3.8) is 0 Å². The molecule has 2 atom stereocenters. The van der Waals surface area contributed by atoms with Crippen molar-refractivity contribution in [2.24, 2.45) is 11.7 Å². The van der Waals surface area contributed by atoms with Crippen LogP contribution in [0.4, 0.5) is 5.69 Å². The van der Waals surface area contributed by atoms with Crippen LogP contribution in [0.3, 0.4) is 0 Å². The predicted molar refractivity (Wildman–Crippen MR) is 94.3 cm³/mol. The van der Waals surface area contributed by atoms with Crippen molar-refractivity contribution in [1.29, 1.82) is 0 Å². The lowest BCUT2D eigenvalue weighted by molar-refractivity contribution is -0.137. The fourth-order valence-electron chi connectivity index (χ4n) is 3.92. The fraction of sp³-hybridized carbons (Fsp3) is 0.632. The standard InChI is InChI=1S/C19H29N3O/c1-14-4-2-7-18(12-14)21-17-8-10-22(11-9-17)19(23)15-5-3-6-16(20)13-15/h2,4,7,12,15-17,21H,3,5-6,8-11,13,20H2,1H3. The number of rotatable bonds is 3. The van der Waals surface area contributed by atoms with Crippen molar-refractivity contribution in [3.05, 3.63) is 29.8 Å². The summed E-state index contributed by atoms with van der Waals surface area (Å²) in [4.78, 5) is 14.7. The van der Waals surface area contributed by atoms with Crippen molar-refractivity contribution in [2.45, 2.75) is 57.5 Å². The molecule has 3 rings (SSSR count). The lowest BCUT2D eigenvalue weighted by Gasteiger charge is -2.36. The van der Waals surface area contributed by atoms with E-state index >= 15 is 0 Å². The van der Waals surface area contributed by atoms with E-state index in [-0.39, 0.29) is 12.0 Å². The number of benzene rings is 1. The highest BCUT2D eigenvalue weighted by molar-refractivity contribution is 5.79. The fourth-order valence-corrected chi connectivity index (χ4v) is 3.92. The summed E-state index contributed by atoms with van der Waals surface area (Å²) in [5.74, 6) is 0.509. The van der Waals surface area contributed by atoms with Gasteiger partial charge >= 0.3 is 0 Å². The minimum atomic E-state index is 0.167. The molecule has 1 saturated heterocycles. The second-order valence-corrected chi connectivity index (χ2v) is 7.24. The van der Waals surface area contributed by atoms with Crippen LogP contribution in [0.5, 0.6) is 0 Å². The van der Waals surface area contributed by atoms with Gasteiger partial charge in [0.15, 0.2) is 0 Å².